The summed E-state index contributed by atoms with van der Waals surface area (Å²) in [5.74, 6) is -0.745. The Balaban J connectivity index is 2.06. The molecular weight excluding hydrogens is 250 g/mol. The topological polar surface area (TPSA) is 87.9 Å². The lowest BCUT2D eigenvalue weighted by atomic mass is 10.3. The highest BCUT2D eigenvalue weighted by molar-refractivity contribution is 7.85. The van der Waals surface area contributed by atoms with Gasteiger partial charge in [-0.05, 0) is 6.92 Å². The molecule has 0 amide bonds. The van der Waals surface area contributed by atoms with Crippen molar-refractivity contribution >= 4 is 10.1 Å². The van der Waals surface area contributed by atoms with E-state index in [4.69, 9.17) is 13.9 Å². The molecule has 0 N–H and O–H groups in total. The summed E-state index contributed by atoms with van der Waals surface area (Å²) in [5, 5.41) is 0. The van der Waals surface area contributed by atoms with Gasteiger partial charge in [-0.3, -0.25) is 4.18 Å². The molecule has 7 nitrogen and oxygen atoms in total. The molecule has 0 unspecified atom stereocenters. The van der Waals surface area contributed by atoms with Crippen LogP contribution in [0.25, 0.3) is 0 Å². The van der Waals surface area contributed by atoms with E-state index >= 15 is 0 Å². The van der Waals surface area contributed by atoms with Gasteiger partial charge in [-0.25, -0.2) is 4.98 Å². The van der Waals surface area contributed by atoms with Gasteiger partial charge >= 0.3 is 0 Å². The van der Waals surface area contributed by atoms with Gasteiger partial charge in [-0.1, -0.05) is 0 Å². The molecule has 1 aliphatic rings. The van der Waals surface area contributed by atoms with Crippen molar-refractivity contribution in [2.45, 2.75) is 19.3 Å². The fraction of sp³-hybridized carbons (Fsp3) is 0.667. The Labute approximate surface area is 98.8 Å². The summed E-state index contributed by atoms with van der Waals surface area (Å²) in [6.07, 6.45) is 2.29. The molecule has 0 spiro atoms. The lowest BCUT2D eigenvalue weighted by Gasteiger charge is -2.17. The van der Waals surface area contributed by atoms with Gasteiger partial charge in [0, 0.05) is 0 Å². The van der Waals surface area contributed by atoms with Crippen molar-refractivity contribution < 1.29 is 26.5 Å². The van der Waals surface area contributed by atoms with E-state index in [2.05, 4.69) is 9.17 Å². The van der Waals surface area contributed by atoms with Crippen LogP contribution in [0.3, 0.4) is 0 Å². The van der Waals surface area contributed by atoms with Crippen molar-refractivity contribution in [2.75, 3.05) is 19.5 Å². The van der Waals surface area contributed by atoms with Crippen molar-refractivity contribution in [3.8, 4) is 0 Å². The summed E-state index contributed by atoms with van der Waals surface area (Å²) < 4.78 is 42.1. The van der Waals surface area contributed by atoms with Gasteiger partial charge in [0.2, 0.25) is 5.79 Å². The van der Waals surface area contributed by atoms with E-state index in [-0.39, 0.29) is 12.5 Å². The number of hydrogen-bond donors (Lipinski definition) is 0. The second-order valence-corrected chi connectivity index (χ2v) is 5.40. The highest BCUT2D eigenvalue weighted by Gasteiger charge is 2.38. The van der Waals surface area contributed by atoms with Crippen molar-refractivity contribution in [2.24, 2.45) is 0 Å². The smallest absolute Gasteiger partial charge is 0.264 e. The van der Waals surface area contributed by atoms with Gasteiger partial charge in [0.25, 0.3) is 16.0 Å². The minimum Gasteiger partial charge on any atom is -0.444 e. The Hall–Kier alpha value is -0.960. The monoisotopic (exact) mass is 263 g/mol. The third-order valence-electron chi connectivity index (χ3n) is 2.20. The first-order valence-corrected chi connectivity index (χ1v) is 6.78. The molecule has 1 fully saturated rings. The van der Waals surface area contributed by atoms with Crippen LogP contribution in [0.1, 0.15) is 18.5 Å². The zero-order valence-electron chi connectivity index (χ0n) is 9.50. The van der Waals surface area contributed by atoms with Crippen LogP contribution >= 0.6 is 0 Å². The molecule has 1 saturated heterocycles. The quantitative estimate of drug-likeness (QED) is 0.725. The summed E-state index contributed by atoms with van der Waals surface area (Å²) in [6.45, 7) is 2.45. The van der Waals surface area contributed by atoms with E-state index in [0.717, 1.165) is 6.26 Å². The molecule has 0 saturated carbocycles. The van der Waals surface area contributed by atoms with E-state index in [0.29, 0.717) is 18.9 Å². The van der Waals surface area contributed by atoms with Crippen molar-refractivity contribution in [3.63, 3.8) is 0 Å². The third kappa shape index (κ3) is 3.03. The SMILES string of the molecule is CC1(c2nc(COS(C)(=O)=O)co2)OCCO1. The van der Waals surface area contributed by atoms with Gasteiger partial charge in [0.15, 0.2) is 0 Å². The van der Waals surface area contributed by atoms with Crippen LogP contribution in [0.4, 0.5) is 0 Å². The molecule has 0 bridgehead atoms. The molecule has 8 heteroatoms. The second kappa shape index (κ2) is 4.37. The van der Waals surface area contributed by atoms with E-state index in [1.807, 2.05) is 0 Å². The minimum atomic E-state index is -3.49. The van der Waals surface area contributed by atoms with Gasteiger partial charge < -0.3 is 13.9 Å². The predicted octanol–water partition coefficient (Wildman–Crippen LogP) is 0.370. The molecule has 0 atom stereocenters. The summed E-state index contributed by atoms with van der Waals surface area (Å²) in [6, 6.07) is 0. The maximum absolute atomic E-state index is 10.8. The fourth-order valence-electron chi connectivity index (χ4n) is 1.39. The van der Waals surface area contributed by atoms with E-state index in [1.54, 1.807) is 6.92 Å². The molecule has 1 aliphatic heterocycles. The largest absolute Gasteiger partial charge is 0.444 e. The minimum absolute atomic E-state index is 0.168. The summed E-state index contributed by atoms with van der Waals surface area (Å²) >= 11 is 0. The van der Waals surface area contributed by atoms with Crippen LogP contribution in [0.2, 0.25) is 0 Å². The lowest BCUT2D eigenvalue weighted by Crippen LogP contribution is -2.22. The van der Waals surface area contributed by atoms with E-state index in [1.165, 1.54) is 6.26 Å². The second-order valence-electron chi connectivity index (χ2n) is 3.75. The number of hydrogen-bond acceptors (Lipinski definition) is 7. The lowest BCUT2D eigenvalue weighted by molar-refractivity contribution is -0.166. The Morgan fingerprint density at radius 1 is 1.47 bits per heavy atom. The van der Waals surface area contributed by atoms with Gasteiger partial charge in [0.05, 0.1) is 19.5 Å². The Morgan fingerprint density at radius 3 is 2.71 bits per heavy atom. The Kier molecular flexibility index (Phi) is 3.21. The van der Waals surface area contributed by atoms with Gasteiger partial charge in [-0.15, -0.1) is 0 Å². The molecule has 1 aromatic rings. The molecule has 0 aromatic carbocycles. The highest BCUT2D eigenvalue weighted by Crippen LogP contribution is 2.30. The average molecular weight is 263 g/mol. The zero-order chi connectivity index (χ0) is 12.5. The third-order valence-corrected chi connectivity index (χ3v) is 2.75. The first-order chi connectivity index (χ1) is 7.89. The zero-order valence-corrected chi connectivity index (χ0v) is 10.3. The average Bonchev–Trinajstić information content (AvgIpc) is 2.83. The van der Waals surface area contributed by atoms with Crippen LogP contribution in [0, 0.1) is 0 Å². The number of oxazole rings is 1. The van der Waals surface area contributed by atoms with Crippen LogP contribution in [-0.2, 0) is 36.2 Å². The molecule has 2 rings (SSSR count). The highest BCUT2D eigenvalue weighted by atomic mass is 32.2. The van der Waals surface area contributed by atoms with Crippen LogP contribution < -0.4 is 0 Å². The summed E-state index contributed by atoms with van der Waals surface area (Å²) in [5.41, 5.74) is 0.366. The van der Waals surface area contributed by atoms with Crippen LogP contribution in [-0.4, -0.2) is 32.9 Å². The number of aromatic nitrogens is 1. The molecule has 2 heterocycles. The van der Waals surface area contributed by atoms with Crippen molar-refractivity contribution in [1.29, 1.82) is 0 Å². The molecule has 96 valence electrons. The van der Waals surface area contributed by atoms with E-state index in [9.17, 15) is 8.42 Å². The number of rotatable bonds is 4. The van der Waals surface area contributed by atoms with Gasteiger partial charge in [-0.2, -0.15) is 8.42 Å². The summed E-state index contributed by atoms with van der Waals surface area (Å²) in [7, 11) is -3.49. The Bertz CT molecular complexity index is 487. The standard InChI is InChI=1S/C9H13NO6S/c1-9(14-3-4-15-9)8-10-7(5-13-8)6-16-17(2,11)12/h5H,3-4,6H2,1-2H3. The first-order valence-electron chi connectivity index (χ1n) is 4.96. The summed E-state index contributed by atoms with van der Waals surface area (Å²) in [4.78, 5) is 4.06. The molecule has 0 radical (unpaired) electrons. The molecule has 0 aliphatic carbocycles. The predicted molar refractivity (Wildman–Crippen MR) is 55.4 cm³/mol. The van der Waals surface area contributed by atoms with Gasteiger partial charge in [0.1, 0.15) is 18.6 Å². The van der Waals surface area contributed by atoms with Crippen molar-refractivity contribution in [3.05, 3.63) is 17.8 Å². The molecule has 1 aromatic heterocycles. The number of ether oxygens (including phenoxy) is 2. The van der Waals surface area contributed by atoms with Crippen molar-refractivity contribution in [1.82, 2.24) is 4.98 Å². The van der Waals surface area contributed by atoms with E-state index < -0.39 is 15.9 Å². The Morgan fingerprint density at radius 2 is 2.12 bits per heavy atom. The number of nitrogens with zero attached hydrogens (tertiary/aromatic N) is 1. The van der Waals surface area contributed by atoms with Crippen LogP contribution in [0.5, 0.6) is 0 Å². The molecular formula is C9H13NO6S. The normalized spacial score (nSPS) is 19.6. The van der Waals surface area contributed by atoms with Crippen LogP contribution in [0.15, 0.2) is 10.7 Å². The fourth-order valence-corrected chi connectivity index (χ4v) is 1.72. The first kappa shape index (κ1) is 12.5. The molecule has 17 heavy (non-hydrogen) atoms. The maximum Gasteiger partial charge on any atom is 0.264 e. The maximum atomic E-state index is 10.8.